The van der Waals surface area contributed by atoms with Gasteiger partial charge >= 0.3 is 0 Å². The molecule has 3 rings (SSSR count). The molecule has 0 bridgehead atoms. The molecule has 2 aliphatic rings. The molecule has 0 unspecified atom stereocenters. The van der Waals surface area contributed by atoms with Gasteiger partial charge in [0.25, 0.3) is 0 Å². The summed E-state index contributed by atoms with van der Waals surface area (Å²) < 4.78 is 5.53. The highest BCUT2D eigenvalue weighted by Crippen LogP contribution is 2.25. The van der Waals surface area contributed by atoms with Crippen LogP contribution in [0.4, 0.5) is 0 Å². The van der Waals surface area contributed by atoms with Gasteiger partial charge in [0.2, 0.25) is 5.91 Å². The van der Waals surface area contributed by atoms with Crippen LogP contribution in [0.2, 0.25) is 0 Å². The second-order valence-corrected chi connectivity index (χ2v) is 7.81. The number of carbonyl (C=O) groups excluding carboxylic acids is 1. The molecule has 0 radical (unpaired) electrons. The smallest absolute Gasteiger partial charge is 0.234 e. The number of ether oxygens (including phenoxy) is 1. The molecule has 1 atom stereocenters. The molecule has 1 fully saturated rings. The first-order valence-corrected chi connectivity index (χ1v) is 9.19. The van der Waals surface area contributed by atoms with Crippen molar-refractivity contribution in [2.75, 3.05) is 26.3 Å². The Balaban J connectivity index is 1.60. The Bertz CT molecular complexity index is 597. The molecule has 1 aliphatic carbocycles. The molecular formula is C20H30N2O2. The molecule has 4 heteroatoms. The molecule has 1 heterocycles. The number of amides is 1. The lowest BCUT2D eigenvalue weighted by Gasteiger charge is -2.41. The SMILES string of the molecule is C[C@H](NC(=O)CN1CCOCC1(C)C)c1ccc2c(c1)CCCC2. The van der Waals surface area contributed by atoms with Crippen molar-refractivity contribution in [3.63, 3.8) is 0 Å². The lowest BCUT2D eigenvalue weighted by molar-refractivity contribution is -0.127. The molecule has 0 spiro atoms. The van der Waals surface area contributed by atoms with Crippen molar-refractivity contribution >= 4 is 5.91 Å². The van der Waals surface area contributed by atoms with Crippen molar-refractivity contribution in [1.82, 2.24) is 10.2 Å². The summed E-state index contributed by atoms with van der Waals surface area (Å²) >= 11 is 0. The number of aryl methyl sites for hydroxylation is 2. The van der Waals surface area contributed by atoms with Gasteiger partial charge in [-0.25, -0.2) is 0 Å². The topological polar surface area (TPSA) is 41.6 Å². The van der Waals surface area contributed by atoms with Crippen molar-refractivity contribution in [2.24, 2.45) is 0 Å². The highest BCUT2D eigenvalue weighted by molar-refractivity contribution is 5.78. The standard InChI is InChI=1S/C20H30N2O2/c1-15(17-9-8-16-6-4-5-7-18(16)12-17)21-19(23)13-22-10-11-24-14-20(22,2)3/h8-9,12,15H,4-7,10-11,13-14H2,1-3H3,(H,21,23)/t15-/m0/s1. The van der Waals surface area contributed by atoms with Gasteiger partial charge in [0.15, 0.2) is 0 Å². The van der Waals surface area contributed by atoms with Gasteiger partial charge in [-0.2, -0.15) is 0 Å². The molecule has 0 aromatic heterocycles. The third kappa shape index (κ3) is 3.98. The monoisotopic (exact) mass is 330 g/mol. The van der Waals surface area contributed by atoms with Crippen molar-refractivity contribution in [3.8, 4) is 0 Å². The van der Waals surface area contributed by atoms with E-state index in [2.05, 4.69) is 49.2 Å². The number of hydrogen-bond donors (Lipinski definition) is 1. The number of carbonyl (C=O) groups is 1. The van der Waals surface area contributed by atoms with Crippen LogP contribution in [0.15, 0.2) is 18.2 Å². The Morgan fingerprint density at radius 2 is 2.04 bits per heavy atom. The zero-order chi connectivity index (χ0) is 17.2. The van der Waals surface area contributed by atoms with Crippen LogP contribution >= 0.6 is 0 Å². The van der Waals surface area contributed by atoms with Crippen LogP contribution in [0.1, 0.15) is 56.3 Å². The van der Waals surface area contributed by atoms with Crippen LogP contribution in [0.3, 0.4) is 0 Å². The second-order valence-electron chi connectivity index (χ2n) is 7.81. The molecule has 1 aromatic rings. The minimum Gasteiger partial charge on any atom is -0.378 e. The van der Waals surface area contributed by atoms with Crippen LogP contribution in [0, 0.1) is 0 Å². The molecule has 1 amide bonds. The summed E-state index contributed by atoms with van der Waals surface area (Å²) in [6, 6.07) is 6.76. The third-order valence-corrected chi connectivity index (χ3v) is 5.40. The summed E-state index contributed by atoms with van der Waals surface area (Å²) in [5, 5.41) is 3.17. The fraction of sp³-hybridized carbons (Fsp3) is 0.650. The molecule has 24 heavy (non-hydrogen) atoms. The van der Waals surface area contributed by atoms with E-state index < -0.39 is 0 Å². The molecule has 0 saturated carbocycles. The predicted octanol–water partition coefficient (Wildman–Crippen LogP) is 2.85. The summed E-state index contributed by atoms with van der Waals surface area (Å²) in [6.07, 6.45) is 4.95. The van der Waals surface area contributed by atoms with Gasteiger partial charge in [0.1, 0.15) is 0 Å². The average molecular weight is 330 g/mol. The van der Waals surface area contributed by atoms with Crippen LogP contribution < -0.4 is 5.32 Å². The van der Waals surface area contributed by atoms with Crippen LogP contribution in [-0.4, -0.2) is 42.6 Å². The molecular weight excluding hydrogens is 300 g/mol. The Morgan fingerprint density at radius 1 is 1.29 bits per heavy atom. The highest BCUT2D eigenvalue weighted by Gasteiger charge is 2.31. The maximum atomic E-state index is 12.5. The van der Waals surface area contributed by atoms with Gasteiger partial charge in [-0.15, -0.1) is 0 Å². The first-order chi connectivity index (χ1) is 11.5. The van der Waals surface area contributed by atoms with Gasteiger partial charge < -0.3 is 10.1 Å². The lowest BCUT2D eigenvalue weighted by Crippen LogP contribution is -2.55. The fourth-order valence-electron chi connectivity index (χ4n) is 3.75. The van der Waals surface area contributed by atoms with E-state index in [1.165, 1.54) is 42.4 Å². The van der Waals surface area contributed by atoms with Gasteiger partial charge in [0, 0.05) is 12.1 Å². The molecule has 1 saturated heterocycles. The quantitative estimate of drug-likeness (QED) is 0.923. The van der Waals surface area contributed by atoms with E-state index in [1.54, 1.807) is 0 Å². The molecule has 1 aliphatic heterocycles. The zero-order valence-electron chi connectivity index (χ0n) is 15.2. The molecule has 4 nitrogen and oxygen atoms in total. The highest BCUT2D eigenvalue weighted by atomic mass is 16.5. The number of nitrogens with one attached hydrogen (secondary N) is 1. The minimum atomic E-state index is -0.0787. The summed E-state index contributed by atoms with van der Waals surface area (Å²) in [5.41, 5.74) is 4.09. The van der Waals surface area contributed by atoms with Crippen molar-refractivity contribution in [2.45, 2.75) is 58.0 Å². The summed E-state index contributed by atoms with van der Waals surface area (Å²) in [7, 11) is 0. The van der Waals surface area contributed by atoms with E-state index in [-0.39, 0.29) is 17.5 Å². The Kier molecular flexibility index (Phi) is 5.26. The summed E-state index contributed by atoms with van der Waals surface area (Å²) in [6.45, 7) is 8.97. The van der Waals surface area contributed by atoms with Gasteiger partial charge in [0.05, 0.1) is 25.8 Å². The summed E-state index contributed by atoms with van der Waals surface area (Å²) in [5.74, 6) is 0.0928. The van der Waals surface area contributed by atoms with E-state index in [1.807, 2.05) is 0 Å². The van der Waals surface area contributed by atoms with Crippen LogP contribution in [0.25, 0.3) is 0 Å². The van der Waals surface area contributed by atoms with E-state index >= 15 is 0 Å². The fourth-order valence-corrected chi connectivity index (χ4v) is 3.75. The second kappa shape index (κ2) is 7.24. The van der Waals surface area contributed by atoms with Crippen LogP contribution in [-0.2, 0) is 22.4 Å². The maximum Gasteiger partial charge on any atom is 0.234 e. The number of rotatable bonds is 4. The number of morpholine rings is 1. The largest absolute Gasteiger partial charge is 0.378 e. The number of fused-ring (bicyclic) bond motifs is 1. The van der Waals surface area contributed by atoms with Gasteiger partial charge in [-0.1, -0.05) is 18.2 Å². The first-order valence-electron chi connectivity index (χ1n) is 9.19. The zero-order valence-corrected chi connectivity index (χ0v) is 15.2. The van der Waals surface area contributed by atoms with E-state index in [0.717, 1.165) is 6.54 Å². The molecule has 132 valence electrons. The summed E-state index contributed by atoms with van der Waals surface area (Å²) in [4.78, 5) is 14.7. The predicted molar refractivity (Wildman–Crippen MR) is 96.1 cm³/mol. The Morgan fingerprint density at radius 3 is 2.79 bits per heavy atom. The molecule has 1 aromatic carbocycles. The third-order valence-electron chi connectivity index (χ3n) is 5.40. The first kappa shape index (κ1) is 17.4. The van der Waals surface area contributed by atoms with E-state index in [4.69, 9.17) is 4.74 Å². The van der Waals surface area contributed by atoms with Crippen molar-refractivity contribution in [1.29, 1.82) is 0 Å². The maximum absolute atomic E-state index is 12.5. The Labute approximate surface area is 145 Å². The molecule has 1 N–H and O–H groups in total. The van der Waals surface area contributed by atoms with E-state index in [9.17, 15) is 4.79 Å². The van der Waals surface area contributed by atoms with E-state index in [0.29, 0.717) is 19.8 Å². The minimum absolute atomic E-state index is 0.0499. The average Bonchev–Trinajstić information content (AvgIpc) is 2.56. The lowest BCUT2D eigenvalue weighted by atomic mass is 9.89. The van der Waals surface area contributed by atoms with Crippen molar-refractivity contribution in [3.05, 3.63) is 34.9 Å². The van der Waals surface area contributed by atoms with Gasteiger partial charge in [-0.3, -0.25) is 9.69 Å². The Hall–Kier alpha value is -1.39. The number of nitrogens with zero attached hydrogens (tertiary/aromatic N) is 1. The van der Waals surface area contributed by atoms with Crippen molar-refractivity contribution < 1.29 is 9.53 Å². The number of hydrogen-bond acceptors (Lipinski definition) is 3. The van der Waals surface area contributed by atoms with Gasteiger partial charge in [-0.05, 0) is 63.1 Å². The normalized spacial score (nSPS) is 21.8. The number of benzene rings is 1. The van der Waals surface area contributed by atoms with Crippen LogP contribution in [0.5, 0.6) is 0 Å².